The summed E-state index contributed by atoms with van der Waals surface area (Å²) < 4.78 is 8.42. The van der Waals surface area contributed by atoms with Gasteiger partial charge in [0, 0.05) is 12.2 Å². The first kappa shape index (κ1) is 15.2. The number of methoxy groups -OCH3 is 2. The van der Waals surface area contributed by atoms with E-state index in [9.17, 15) is 9.59 Å². The second-order valence-electron chi connectivity index (χ2n) is 2.38. The molecule has 4 heteroatoms. The first-order valence-electron chi connectivity index (χ1n) is 4.46. The monoisotopic (exact) mass is 202 g/mol. The highest BCUT2D eigenvalue weighted by atomic mass is 16.5. The summed E-state index contributed by atoms with van der Waals surface area (Å²) in [4.78, 5) is 20.6. The van der Waals surface area contributed by atoms with Gasteiger partial charge in [-0.2, -0.15) is 0 Å². The minimum absolute atomic E-state index is 0.578. The third-order valence-corrected chi connectivity index (χ3v) is 1.26. The fourth-order valence-electron chi connectivity index (χ4n) is 0.272. The van der Waals surface area contributed by atoms with E-state index >= 15 is 0 Å². The molecular weight excluding hydrogens is 184 g/mol. The first-order chi connectivity index (χ1) is 6.62. The lowest BCUT2D eigenvalue weighted by Crippen LogP contribution is -1.98. The first-order valence-corrected chi connectivity index (χ1v) is 4.46. The van der Waals surface area contributed by atoms with Gasteiger partial charge in [-0.3, -0.25) is 0 Å². The van der Waals surface area contributed by atoms with E-state index in [0.29, 0.717) is 0 Å². The summed E-state index contributed by atoms with van der Waals surface area (Å²) in [6, 6.07) is 0. The molecule has 4 nitrogen and oxygen atoms in total. The Kier molecular flexibility index (Phi) is 12.7. The van der Waals surface area contributed by atoms with Gasteiger partial charge in [-0.05, 0) is 0 Å². The van der Waals surface area contributed by atoms with Crippen molar-refractivity contribution in [1.29, 1.82) is 0 Å². The summed E-state index contributed by atoms with van der Waals surface area (Å²) in [5.41, 5.74) is 0. The molecule has 82 valence electrons. The summed E-state index contributed by atoms with van der Waals surface area (Å²) in [6.07, 6.45) is 4.62. The van der Waals surface area contributed by atoms with E-state index in [-0.39, 0.29) is 0 Å². The van der Waals surface area contributed by atoms with Crippen LogP contribution in [0, 0.1) is 0 Å². The standard InChI is InChI=1S/C6H8O4.C4H10/c1-9-5(7)3-4-6(8)10-2;1-3-4-2/h3-4H,1-2H3;3-4H2,1-2H3/b4-3-;. The normalized spacial score (nSPS) is 8.86. The van der Waals surface area contributed by atoms with Gasteiger partial charge in [-0.25, -0.2) is 9.59 Å². The maximum Gasteiger partial charge on any atom is 0.330 e. The zero-order valence-corrected chi connectivity index (χ0v) is 9.20. The second-order valence-corrected chi connectivity index (χ2v) is 2.38. The molecule has 0 radical (unpaired) electrons. The van der Waals surface area contributed by atoms with Crippen molar-refractivity contribution >= 4 is 11.9 Å². The fraction of sp³-hybridized carbons (Fsp3) is 0.600. The number of hydrogen-bond donors (Lipinski definition) is 0. The van der Waals surface area contributed by atoms with Crippen LogP contribution >= 0.6 is 0 Å². The average molecular weight is 202 g/mol. The number of esters is 2. The van der Waals surface area contributed by atoms with Gasteiger partial charge in [0.2, 0.25) is 0 Å². The van der Waals surface area contributed by atoms with E-state index in [1.165, 1.54) is 27.1 Å². The Bertz CT molecular complexity index is 165. The van der Waals surface area contributed by atoms with Crippen LogP contribution in [0.2, 0.25) is 0 Å². The Morgan fingerprint density at radius 3 is 1.36 bits per heavy atom. The molecule has 14 heavy (non-hydrogen) atoms. The number of carbonyl (C=O) groups is 2. The number of unbranched alkanes of at least 4 members (excludes halogenated alkanes) is 1. The van der Waals surface area contributed by atoms with E-state index in [2.05, 4.69) is 23.3 Å². The van der Waals surface area contributed by atoms with Crippen molar-refractivity contribution in [2.24, 2.45) is 0 Å². The van der Waals surface area contributed by atoms with Crippen molar-refractivity contribution in [1.82, 2.24) is 0 Å². The molecule has 0 saturated heterocycles. The number of ether oxygens (including phenoxy) is 2. The molecule has 0 aromatic carbocycles. The van der Waals surface area contributed by atoms with Crippen LogP contribution in [-0.4, -0.2) is 26.2 Å². The number of hydrogen-bond acceptors (Lipinski definition) is 4. The summed E-state index contributed by atoms with van der Waals surface area (Å²) in [5.74, 6) is -1.16. The summed E-state index contributed by atoms with van der Waals surface area (Å²) in [6.45, 7) is 4.36. The van der Waals surface area contributed by atoms with E-state index < -0.39 is 11.9 Å². The lowest BCUT2D eigenvalue weighted by Gasteiger charge is -1.89. The van der Waals surface area contributed by atoms with Crippen molar-refractivity contribution in [2.75, 3.05) is 14.2 Å². The topological polar surface area (TPSA) is 52.6 Å². The Hall–Kier alpha value is -1.32. The molecule has 0 spiro atoms. The predicted molar refractivity (Wildman–Crippen MR) is 53.8 cm³/mol. The largest absolute Gasteiger partial charge is 0.466 e. The average Bonchev–Trinajstić information content (AvgIpc) is 2.25. The van der Waals surface area contributed by atoms with Gasteiger partial charge in [0.1, 0.15) is 0 Å². The molecule has 0 aliphatic rings. The highest BCUT2D eigenvalue weighted by Gasteiger charge is 1.94. The van der Waals surface area contributed by atoms with Crippen LogP contribution in [0.3, 0.4) is 0 Å². The van der Waals surface area contributed by atoms with Crippen LogP contribution in [-0.2, 0) is 19.1 Å². The van der Waals surface area contributed by atoms with Crippen molar-refractivity contribution in [2.45, 2.75) is 26.7 Å². The Labute approximate surface area is 84.9 Å². The Morgan fingerprint density at radius 1 is 0.929 bits per heavy atom. The second kappa shape index (κ2) is 11.7. The number of carbonyl (C=O) groups excluding carboxylic acids is 2. The summed E-state index contributed by atoms with van der Waals surface area (Å²) in [5, 5.41) is 0. The smallest absolute Gasteiger partial charge is 0.330 e. The quantitative estimate of drug-likeness (QED) is 0.516. The zero-order chi connectivity index (χ0) is 11.4. The van der Waals surface area contributed by atoms with Crippen molar-refractivity contribution in [3.63, 3.8) is 0 Å². The van der Waals surface area contributed by atoms with E-state index in [1.54, 1.807) is 0 Å². The molecule has 0 rings (SSSR count). The summed E-state index contributed by atoms with van der Waals surface area (Å²) in [7, 11) is 2.45. The zero-order valence-electron chi connectivity index (χ0n) is 9.20. The van der Waals surface area contributed by atoms with E-state index in [0.717, 1.165) is 12.2 Å². The fourth-order valence-corrected chi connectivity index (χ4v) is 0.272. The molecule has 0 aliphatic heterocycles. The van der Waals surface area contributed by atoms with Crippen molar-refractivity contribution < 1.29 is 19.1 Å². The molecule has 0 N–H and O–H groups in total. The molecule has 0 atom stereocenters. The van der Waals surface area contributed by atoms with Crippen LogP contribution < -0.4 is 0 Å². The molecule has 0 heterocycles. The molecule has 0 aliphatic carbocycles. The van der Waals surface area contributed by atoms with Gasteiger partial charge < -0.3 is 9.47 Å². The molecule has 0 aromatic rings. The molecule has 0 aromatic heterocycles. The molecular formula is C10H18O4. The van der Waals surface area contributed by atoms with Crippen LogP contribution in [0.25, 0.3) is 0 Å². The third-order valence-electron chi connectivity index (χ3n) is 1.26. The SMILES string of the molecule is CCCC.COC(=O)/C=C\C(=O)OC. The van der Waals surface area contributed by atoms with Crippen molar-refractivity contribution in [3.05, 3.63) is 12.2 Å². The lowest BCUT2D eigenvalue weighted by molar-refractivity contribution is -0.137. The van der Waals surface area contributed by atoms with Crippen LogP contribution in [0.5, 0.6) is 0 Å². The third kappa shape index (κ3) is 13.3. The van der Waals surface area contributed by atoms with E-state index in [1.807, 2.05) is 0 Å². The maximum atomic E-state index is 10.3. The van der Waals surface area contributed by atoms with Crippen molar-refractivity contribution in [3.8, 4) is 0 Å². The predicted octanol–water partition coefficient (Wildman–Crippen LogP) is 1.70. The number of rotatable bonds is 3. The molecule has 0 saturated carbocycles. The maximum absolute atomic E-state index is 10.3. The molecule has 0 unspecified atom stereocenters. The minimum Gasteiger partial charge on any atom is -0.466 e. The van der Waals surface area contributed by atoms with Crippen LogP contribution in [0.1, 0.15) is 26.7 Å². The molecule has 0 fully saturated rings. The van der Waals surface area contributed by atoms with Gasteiger partial charge in [-0.15, -0.1) is 0 Å². The van der Waals surface area contributed by atoms with Crippen LogP contribution in [0.4, 0.5) is 0 Å². The highest BCUT2D eigenvalue weighted by molar-refractivity contribution is 5.91. The summed E-state index contributed by atoms with van der Waals surface area (Å²) >= 11 is 0. The van der Waals surface area contributed by atoms with Crippen LogP contribution in [0.15, 0.2) is 12.2 Å². The Balaban J connectivity index is 0. The van der Waals surface area contributed by atoms with Gasteiger partial charge in [0.05, 0.1) is 14.2 Å². The van der Waals surface area contributed by atoms with Gasteiger partial charge in [-0.1, -0.05) is 26.7 Å². The van der Waals surface area contributed by atoms with E-state index in [4.69, 9.17) is 0 Å². The lowest BCUT2D eigenvalue weighted by atomic mass is 10.4. The minimum atomic E-state index is -0.578. The molecule has 0 bridgehead atoms. The van der Waals surface area contributed by atoms with Gasteiger partial charge in [0.15, 0.2) is 0 Å². The highest BCUT2D eigenvalue weighted by Crippen LogP contribution is 1.80. The van der Waals surface area contributed by atoms with Gasteiger partial charge >= 0.3 is 11.9 Å². The van der Waals surface area contributed by atoms with Gasteiger partial charge in [0.25, 0.3) is 0 Å². The molecule has 0 amide bonds. The Morgan fingerprint density at radius 2 is 1.21 bits per heavy atom.